The smallest absolute Gasteiger partial charge is 0.662 e. The number of nitrogens with one attached hydrogen (secondary N) is 1. The number of nitrogens with zero attached hydrogens (tertiary/aromatic N) is 2. The van der Waals surface area contributed by atoms with Gasteiger partial charge in [-0.1, -0.05) is 121 Å². The Hall–Kier alpha value is -1.35. The van der Waals surface area contributed by atoms with Crippen molar-refractivity contribution in [1.82, 2.24) is 15.1 Å². The van der Waals surface area contributed by atoms with Crippen molar-refractivity contribution in [2.75, 3.05) is 0 Å². The molecule has 59 heavy (non-hydrogen) atoms. The average molecular weight is 1150 g/mol. The van der Waals surface area contributed by atoms with Crippen LogP contribution in [0, 0.1) is 0 Å². The molecule has 0 bridgehead atoms. The molecule has 0 radical (unpaired) electrons. The summed E-state index contributed by atoms with van der Waals surface area (Å²) in [6, 6.07) is 44.8. The Labute approximate surface area is 415 Å². The summed E-state index contributed by atoms with van der Waals surface area (Å²) in [5.74, 6) is 0. The molecule has 2 saturated carbocycles. The molecule has 13 heteroatoms. The van der Waals surface area contributed by atoms with Crippen LogP contribution in [0.4, 0.5) is 4.79 Å². The van der Waals surface area contributed by atoms with Gasteiger partial charge in [0.15, 0.2) is 0 Å². The zero-order valence-electron chi connectivity index (χ0n) is 35.1. The number of benzene rings is 4. The van der Waals surface area contributed by atoms with E-state index in [0.29, 0.717) is 18.1 Å². The van der Waals surface area contributed by atoms with Gasteiger partial charge in [-0.3, -0.25) is 14.6 Å². The van der Waals surface area contributed by atoms with Gasteiger partial charge in [0.05, 0.1) is 0 Å². The molecule has 0 aromatic heterocycles. The van der Waals surface area contributed by atoms with Crippen molar-refractivity contribution in [2.24, 2.45) is 5.73 Å². The Morgan fingerprint density at radius 2 is 0.949 bits per heavy atom. The predicted octanol–water partition coefficient (Wildman–Crippen LogP) is 7.31. The third kappa shape index (κ3) is 23.6. The number of alkyl carbamates (subject to hydrolysis) is 1. The largest absolute Gasteiger partial charge is 1.00 e. The molecule has 2 aliphatic carbocycles. The first-order valence-electron chi connectivity index (χ1n) is 19.9. The maximum atomic E-state index is 12.1. The van der Waals surface area contributed by atoms with E-state index in [4.69, 9.17) is 20.5 Å². The quantitative estimate of drug-likeness (QED) is 0.0499. The maximum Gasteiger partial charge on any atom is 1.00 e. The molecule has 9 nitrogen and oxygen atoms in total. The van der Waals surface area contributed by atoms with Crippen LogP contribution in [0.3, 0.4) is 0 Å². The summed E-state index contributed by atoms with van der Waals surface area (Å²) in [6.07, 6.45) is 8.61. The van der Waals surface area contributed by atoms with Gasteiger partial charge in [0.2, 0.25) is 0 Å². The Morgan fingerprint density at radius 3 is 1.22 bits per heavy atom. The molecule has 3 N–H and O–H groups in total. The molecule has 2 fully saturated rings. The molecular weight excluding hydrogens is 1090 g/mol. The van der Waals surface area contributed by atoms with Crippen LogP contribution in [-0.2, 0) is 40.6 Å². The Bertz CT molecular complexity index is 1550. The summed E-state index contributed by atoms with van der Waals surface area (Å²) in [6.45, 7) is 9.46. The monoisotopic (exact) mass is 1150 g/mol. The van der Waals surface area contributed by atoms with Crippen LogP contribution in [0.1, 0.15) is 94.4 Å². The standard InChI is InChI=1S/C25H34N2O2.C20H26N2.CH2O3.I2.HI.Na/c1-25(2,3)29-24(28)26-22-14-16-23(17-15-22)27(18-20-10-6-4-7-11-20)19-21-12-8-5-9-13-21;21-19-11-13-20(14-12-19)22(15-17-7-3-1-4-8-17)16-18-9-5-2-6-10-18;2-1-4-3;1-2;;/h4-13,22-23H,14-19H2,1-3H3,(H,26,28);1-10,19-20H,11-16,21H2;1,3H;;1H;/q;;;;;+1/p-1. The molecule has 0 aliphatic heterocycles. The Kier molecular flexibility index (Phi) is 30.5. The van der Waals surface area contributed by atoms with Crippen molar-refractivity contribution in [1.29, 1.82) is 0 Å². The van der Waals surface area contributed by atoms with Crippen molar-refractivity contribution in [3.8, 4) is 0 Å². The molecular formula is C46H62I3N4NaO5. The molecule has 1 amide bonds. The maximum absolute atomic E-state index is 12.1. The number of amides is 1. The molecule has 4 aromatic carbocycles. The van der Waals surface area contributed by atoms with Gasteiger partial charge in [-0.05, 0) is 94.4 Å². The molecule has 0 spiro atoms. The summed E-state index contributed by atoms with van der Waals surface area (Å²) in [5, 5.41) is 11.5. The summed E-state index contributed by atoms with van der Waals surface area (Å²) >= 11 is 4.24. The minimum Gasteiger partial charge on any atom is -0.662 e. The van der Waals surface area contributed by atoms with Crippen LogP contribution in [0.25, 0.3) is 0 Å². The van der Waals surface area contributed by atoms with Crippen LogP contribution in [0.2, 0.25) is 0 Å². The topological polar surface area (TPSA) is 120 Å². The van der Waals surface area contributed by atoms with Crippen molar-refractivity contribution in [3.05, 3.63) is 144 Å². The van der Waals surface area contributed by atoms with E-state index in [-0.39, 0.29) is 72.1 Å². The number of hydrogen-bond donors (Lipinski definition) is 2. The summed E-state index contributed by atoms with van der Waals surface area (Å²) in [4.78, 5) is 28.6. The second kappa shape index (κ2) is 32.3. The minimum absolute atomic E-state index is 0. The fourth-order valence-corrected chi connectivity index (χ4v) is 7.43. The first-order valence-corrected chi connectivity index (χ1v) is 26.2. The molecule has 0 saturated heterocycles. The number of ether oxygens (including phenoxy) is 1. The van der Waals surface area contributed by atoms with E-state index < -0.39 is 5.60 Å². The normalized spacial score (nSPS) is 18.3. The number of carbonyl (C=O) groups excluding carboxylic acids is 2. The summed E-state index contributed by atoms with van der Waals surface area (Å²) in [5.41, 5.74) is 11.1. The van der Waals surface area contributed by atoms with Gasteiger partial charge in [0, 0.05) is 87.6 Å². The van der Waals surface area contributed by atoms with Gasteiger partial charge < -0.3 is 25.9 Å². The second-order valence-corrected chi connectivity index (χ2v) is 15.7. The van der Waals surface area contributed by atoms with E-state index in [0.717, 1.165) is 64.7 Å². The molecule has 0 heterocycles. The van der Waals surface area contributed by atoms with Gasteiger partial charge >= 0.3 is 35.7 Å². The van der Waals surface area contributed by atoms with Crippen LogP contribution in [0.15, 0.2) is 121 Å². The Morgan fingerprint density at radius 1 is 0.661 bits per heavy atom. The molecule has 2 aliphatic rings. The van der Waals surface area contributed by atoms with Gasteiger partial charge in [-0.15, -0.1) is 24.0 Å². The third-order valence-electron chi connectivity index (χ3n) is 10.1. The Balaban J connectivity index is 0.000000517. The first-order chi connectivity index (χ1) is 27.6. The van der Waals surface area contributed by atoms with E-state index in [1.54, 1.807) is 0 Å². The molecule has 6 rings (SSSR count). The van der Waals surface area contributed by atoms with Crippen molar-refractivity contribution in [2.45, 2.75) is 128 Å². The van der Waals surface area contributed by atoms with E-state index >= 15 is 0 Å². The molecule has 0 unspecified atom stereocenters. The number of nitrogens with two attached hydrogens (primary N) is 1. The van der Waals surface area contributed by atoms with Gasteiger partial charge in [-0.25, -0.2) is 4.79 Å². The minimum atomic E-state index is -0.455. The SMILES string of the molecule is CC(C)(C)OC(=O)NC1CCC(N(Cc2ccccc2)Cc2ccccc2)CC1.I.II.NC1CCC(N(Cc2ccccc2)Cc2ccccc2)CC1.O=CO[O-].[Na+]. The van der Waals surface area contributed by atoms with Crippen LogP contribution < -0.4 is 45.9 Å². The number of halogens is 3. The number of carbonyl (C=O) groups is 2. The summed E-state index contributed by atoms with van der Waals surface area (Å²) < 4.78 is 5.41. The fourth-order valence-electron chi connectivity index (χ4n) is 7.43. The van der Waals surface area contributed by atoms with Crippen LogP contribution >= 0.6 is 61.2 Å². The van der Waals surface area contributed by atoms with Crippen molar-refractivity contribution < 1.29 is 54.0 Å². The first kappa shape index (κ1) is 55.7. The summed E-state index contributed by atoms with van der Waals surface area (Å²) in [7, 11) is 0. The van der Waals surface area contributed by atoms with Gasteiger partial charge in [0.25, 0.3) is 6.47 Å². The third-order valence-corrected chi connectivity index (χ3v) is 10.1. The number of hydrogen-bond acceptors (Lipinski definition) is 8. The van der Waals surface area contributed by atoms with Gasteiger partial charge in [0.1, 0.15) is 5.60 Å². The van der Waals surface area contributed by atoms with E-state index in [1.165, 1.54) is 35.1 Å². The fraction of sp³-hybridized carbons (Fsp3) is 0.435. The van der Waals surface area contributed by atoms with E-state index in [2.05, 4.69) is 179 Å². The zero-order chi connectivity index (χ0) is 41.3. The van der Waals surface area contributed by atoms with Crippen LogP contribution in [-0.4, -0.2) is 52.1 Å². The second-order valence-electron chi connectivity index (χ2n) is 15.7. The predicted molar refractivity (Wildman–Crippen MR) is 261 cm³/mol. The van der Waals surface area contributed by atoms with E-state index in [1.807, 2.05) is 20.8 Å². The molecule has 318 valence electrons. The van der Waals surface area contributed by atoms with Crippen molar-refractivity contribution in [3.63, 3.8) is 0 Å². The van der Waals surface area contributed by atoms with Crippen LogP contribution in [0.5, 0.6) is 0 Å². The van der Waals surface area contributed by atoms with E-state index in [9.17, 15) is 4.79 Å². The van der Waals surface area contributed by atoms with Gasteiger partial charge in [-0.2, -0.15) is 0 Å². The molecule has 0 atom stereocenters. The zero-order valence-corrected chi connectivity index (χ0v) is 43.7. The molecule has 4 aromatic rings. The van der Waals surface area contributed by atoms with Crippen molar-refractivity contribution >= 4 is 73.8 Å². The number of rotatable bonds is 12. The average Bonchev–Trinajstić information content (AvgIpc) is 3.23.